The van der Waals surface area contributed by atoms with Gasteiger partial charge in [-0.25, -0.2) is 4.79 Å². The van der Waals surface area contributed by atoms with Crippen LogP contribution in [0, 0.1) is 0 Å². The molecule has 0 aromatic heterocycles. The van der Waals surface area contributed by atoms with E-state index >= 15 is 0 Å². The zero-order valence-corrected chi connectivity index (χ0v) is 14.7. The predicted molar refractivity (Wildman–Crippen MR) is 95.7 cm³/mol. The largest absolute Gasteiger partial charge is 0.486 e. The molecule has 2 aromatic carbocycles. The van der Waals surface area contributed by atoms with E-state index in [-0.39, 0.29) is 16.7 Å². The lowest BCUT2D eigenvalue weighted by Gasteiger charge is -2.31. The Labute approximate surface area is 151 Å². The van der Waals surface area contributed by atoms with Crippen LogP contribution in [0.2, 0.25) is 5.02 Å². The number of aromatic carboxylic acids is 1. The van der Waals surface area contributed by atoms with Crippen LogP contribution in [0.1, 0.15) is 22.8 Å². The Bertz CT molecular complexity index is 765. The van der Waals surface area contributed by atoms with E-state index in [9.17, 15) is 4.79 Å². The number of likely N-dealkylation sites (N-methyl/N-ethyl adjacent to an activating group) is 1. The van der Waals surface area contributed by atoms with Gasteiger partial charge in [0, 0.05) is 13.1 Å². The summed E-state index contributed by atoms with van der Waals surface area (Å²) in [6.45, 7) is 4.79. The topological polar surface area (TPSA) is 59.0 Å². The van der Waals surface area contributed by atoms with Gasteiger partial charge in [0.15, 0.2) is 11.5 Å². The number of nitrogens with zero attached hydrogens (tertiary/aromatic N) is 1. The molecule has 1 atom stereocenters. The second kappa shape index (κ2) is 7.76. The van der Waals surface area contributed by atoms with Crippen molar-refractivity contribution < 1.29 is 19.4 Å². The van der Waals surface area contributed by atoms with Crippen molar-refractivity contribution in [3.05, 3.63) is 58.6 Å². The number of carboxylic acid groups (broad SMARTS) is 1. The van der Waals surface area contributed by atoms with Crippen molar-refractivity contribution in [1.82, 2.24) is 4.90 Å². The molecular weight excluding hydrogens is 342 g/mol. The van der Waals surface area contributed by atoms with Gasteiger partial charge in [-0.1, -0.05) is 36.7 Å². The molecule has 1 unspecified atom stereocenters. The lowest BCUT2D eigenvalue weighted by molar-refractivity contribution is 0.0580. The van der Waals surface area contributed by atoms with Crippen LogP contribution in [0.25, 0.3) is 0 Å². The second-order valence-electron chi connectivity index (χ2n) is 5.94. The van der Waals surface area contributed by atoms with Gasteiger partial charge < -0.3 is 14.6 Å². The summed E-state index contributed by atoms with van der Waals surface area (Å²) in [5.74, 6) is 0.525. The molecule has 0 saturated carbocycles. The maximum atomic E-state index is 11.0. The zero-order valence-electron chi connectivity index (χ0n) is 13.9. The molecule has 1 aliphatic rings. The van der Waals surface area contributed by atoms with Crippen LogP contribution in [-0.2, 0) is 6.54 Å². The van der Waals surface area contributed by atoms with Gasteiger partial charge in [0.05, 0.1) is 10.6 Å². The first-order chi connectivity index (χ1) is 12.1. The number of hydrogen-bond acceptors (Lipinski definition) is 4. The van der Waals surface area contributed by atoms with E-state index in [4.69, 9.17) is 26.2 Å². The fraction of sp³-hybridized carbons (Fsp3) is 0.316. The van der Waals surface area contributed by atoms with Crippen LogP contribution in [0.3, 0.4) is 0 Å². The Hall–Kier alpha value is -2.24. The Balaban J connectivity index is 1.64. The third-order valence-electron chi connectivity index (χ3n) is 4.15. The molecule has 0 spiro atoms. The molecule has 0 fully saturated rings. The summed E-state index contributed by atoms with van der Waals surface area (Å²) in [4.78, 5) is 13.3. The Morgan fingerprint density at radius 1 is 1.28 bits per heavy atom. The molecule has 0 bridgehead atoms. The molecule has 0 aliphatic carbocycles. The lowest BCUT2D eigenvalue weighted by atomic mass is 10.1. The van der Waals surface area contributed by atoms with Crippen molar-refractivity contribution in [2.24, 2.45) is 0 Å². The Kier molecular flexibility index (Phi) is 5.46. The van der Waals surface area contributed by atoms with Crippen LogP contribution >= 0.6 is 11.6 Å². The lowest BCUT2D eigenvalue weighted by Crippen LogP contribution is -2.40. The summed E-state index contributed by atoms with van der Waals surface area (Å²) >= 11 is 6.06. The number of carbonyl (C=O) groups is 1. The van der Waals surface area contributed by atoms with Gasteiger partial charge in [0.1, 0.15) is 12.7 Å². The van der Waals surface area contributed by atoms with Crippen LogP contribution in [0.15, 0.2) is 42.5 Å². The minimum absolute atomic E-state index is 0.0522. The monoisotopic (exact) mass is 361 g/mol. The zero-order chi connectivity index (χ0) is 17.8. The maximum Gasteiger partial charge on any atom is 0.337 e. The third-order valence-corrected chi connectivity index (χ3v) is 4.46. The number of benzene rings is 2. The van der Waals surface area contributed by atoms with E-state index in [0.717, 1.165) is 23.6 Å². The quantitative estimate of drug-likeness (QED) is 0.850. The molecule has 0 saturated heterocycles. The minimum atomic E-state index is -1.02. The number of rotatable bonds is 6. The Morgan fingerprint density at radius 2 is 2.04 bits per heavy atom. The normalized spacial score (nSPS) is 16.0. The molecule has 6 heteroatoms. The maximum absolute atomic E-state index is 11.0. The summed E-state index contributed by atoms with van der Waals surface area (Å²) in [7, 11) is 0. The highest BCUT2D eigenvalue weighted by atomic mass is 35.5. The number of halogens is 1. The average molecular weight is 362 g/mol. The van der Waals surface area contributed by atoms with Crippen LogP contribution in [0.5, 0.6) is 11.5 Å². The van der Waals surface area contributed by atoms with Crippen molar-refractivity contribution in [2.45, 2.75) is 19.6 Å². The number of fused-ring (bicyclic) bond motifs is 1. The Morgan fingerprint density at radius 3 is 2.72 bits per heavy atom. The van der Waals surface area contributed by atoms with Crippen molar-refractivity contribution >= 4 is 17.6 Å². The molecule has 0 radical (unpaired) electrons. The van der Waals surface area contributed by atoms with Gasteiger partial charge in [0.25, 0.3) is 0 Å². The first kappa shape index (κ1) is 17.6. The highest BCUT2D eigenvalue weighted by Crippen LogP contribution is 2.31. The third kappa shape index (κ3) is 4.24. The van der Waals surface area contributed by atoms with Gasteiger partial charge in [-0.15, -0.1) is 0 Å². The summed E-state index contributed by atoms with van der Waals surface area (Å²) in [5.41, 5.74) is 1.09. The SMILES string of the molecule is CCN(Cc1ccc(C(=O)O)c(Cl)c1)CC1COc2ccccc2O1. The van der Waals surface area contributed by atoms with Crippen molar-refractivity contribution in [3.8, 4) is 11.5 Å². The van der Waals surface area contributed by atoms with Gasteiger partial charge >= 0.3 is 5.97 Å². The van der Waals surface area contributed by atoms with Crippen molar-refractivity contribution in [1.29, 1.82) is 0 Å². The first-order valence-electron chi connectivity index (χ1n) is 8.19. The van der Waals surface area contributed by atoms with E-state index < -0.39 is 5.97 Å². The van der Waals surface area contributed by atoms with Gasteiger partial charge in [-0.05, 0) is 36.4 Å². The van der Waals surface area contributed by atoms with E-state index in [1.165, 1.54) is 0 Å². The van der Waals surface area contributed by atoms with Gasteiger partial charge in [-0.3, -0.25) is 4.90 Å². The predicted octanol–water partition coefficient (Wildman–Crippen LogP) is 3.70. The van der Waals surface area contributed by atoms with E-state index in [1.807, 2.05) is 24.3 Å². The standard InChI is InChI=1S/C19H20ClNO4/c1-2-21(10-13-7-8-15(19(22)23)16(20)9-13)11-14-12-24-17-5-3-4-6-18(17)25-14/h3-9,14H,2,10-12H2,1H3,(H,22,23). The van der Waals surface area contributed by atoms with Crippen LogP contribution in [0.4, 0.5) is 0 Å². The highest BCUT2D eigenvalue weighted by molar-refractivity contribution is 6.33. The highest BCUT2D eigenvalue weighted by Gasteiger charge is 2.22. The molecule has 1 heterocycles. The summed E-state index contributed by atoms with van der Waals surface area (Å²) in [5, 5.41) is 9.31. The second-order valence-corrected chi connectivity index (χ2v) is 6.35. The molecule has 3 rings (SSSR count). The summed E-state index contributed by atoms with van der Waals surface area (Å²) in [6, 6.07) is 12.7. The summed E-state index contributed by atoms with van der Waals surface area (Å²) in [6.07, 6.45) is -0.0522. The fourth-order valence-corrected chi connectivity index (χ4v) is 3.12. The molecule has 1 aliphatic heterocycles. The van der Waals surface area contributed by atoms with Crippen LogP contribution in [-0.4, -0.2) is 41.8 Å². The molecule has 5 nitrogen and oxygen atoms in total. The van der Waals surface area contributed by atoms with Crippen molar-refractivity contribution in [2.75, 3.05) is 19.7 Å². The molecule has 1 N–H and O–H groups in total. The van der Waals surface area contributed by atoms with E-state index in [0.29, 0.717) is 19.7 Å². The molecule has 0 amide bonds. The minimum Gasteiger partial charge on any atom is -0.486 e. The van der Waals surface area contributed by atoms with Gasteiger partial charge in [0.2, 0.25) is 0 Å². The van der Waals surface area contributed by atoms with Crippen molar-refractivity contribution in [3.63, 3.8) is 0 Å². The fourth-order valence-electron chi connectivity index (χ4n) is 2.84. The smallest absolute Gasteiger partial charge is 0.337 e. The molecule has 25 heavy (non-hydrogen) atoms. The van der Waals surface area contributed by atoms with Gasteiger partial charge in [-0.2, -0.15) is 0 Å². The average Bonchev–Trinajstić information content (AvgIpc) is 2.60. The molecule has 2 aromatic rings. The number of ether oxygens (including phenoxy) is 2. The molecule has 132 valence electrons. The summed E-state index contributed by atoms with van der Waals surface area (Å²) < 4.78 is 11.8. The van der Waals surface area contributed by atoms with E-state index in [2.05, 4.69) is 11.8 Å². The van der Waals surface area contributed by atoms with E-state index in [1.54, 1.807) is 18.2 Å². The number of para-hydroxylation sites is 2. The van der Waals surface area contributed by atoms with Crippen LogP contribution < -0.4 is 9.47 Å². The number of carboxylic acids is 1. The first-order valence-corrected chi connectivity index (χ1v) is 8.57. The number of hydrogen-bond donors (Lipinski definition) is 1. The molecular formula is C19H20ClNO4.